The van der Waals surface area contributed by atoms with Crippen molar-refractivity contribution in [2.45, 2.75) is 38.0 Å². The van der Waals surface area contributed by atoms with E-state index in [-0.39, 0.29) is 18.9 Å². The number of carbonyl (C=O) groups is 2. The molecule has 2 atom stereocenters. The van der Waals surface area contributed by atoms with Crippen LogP contribution in [-0.4, -0.2) is 82.6 Å². The van der Waals surface area contributed by atoms with Crippen LogP contribution in [-0.2, 0) is 18.3 Å². The molecule has 2 fully saturated rings. The number of carbonyl (C=O) groups excluding carboxylic acids is 2. The number of pyridine rings is 1. The number of aryl methyl sites for hydroxylation is 1. The summed E-state index contributed by atoms with van der Waals surface area (Å²) in [4.78, 5) is 37.1. The van der Waals surface area contributed by atoms with E-state index in [1.54, 1.807) is 32.4 Å². The molecule has 3 aromatic heterocycles. The minimum absolute atomic E-state index is 0.00851. The van der Waals surface area contributed by atoms with Gasteiger partial charge in [0, 0.05) is 42.7 Å². The number of rotatable bonds is 8. The number of nitrogens with zero attached hydrogens (tertiary/aromatic N) is 5. The van der Waals surface area contributed by atoms with Crippen LogP contribution in [0.2, 0.25) is 0 Å². The summed E-state index contributed by atoms with van der Waals surface area (Å²) in [7, 11) is 6.34. The number of ether oxygens (including phenoxy) is 3. The molecule has 2 aromatic carbocycles. The number of piperidine rings is 1. The molecule has 13 heteroatoms. The number of aromatic nitrogens is 4. The molecule has 1 saturated heterocycles. The lowest BCUT2D eigenvalue weighted by molar-refractivity contribution is 0.0606. The van der Waals surface area contributed by atoms with Gasteiger partial charge in [0.15, 0.2) is 11.6 Å². The van der Waals surface area contributed by atoms with E-state index in [1.807, 2.05) is 35.9 Å². The molecule has 0 bridgehead atoms. The van der Waals surface area contributed by atoms with Crippen molar-refractivity contribution >= 4 is 39.8 Å². The summed E-state index contributed by atoms with van der Waals surface area (Å²) in [6, 6.07) is 14.5. The molecule has 0 spiro atoms. The van der Waals surface area contributed by atoms with Crippen molar-refractivity contribution in [2.75, 3.05) is 39.7 Å². The normalized spacial score (nSPS) is 17.9. The van der Waals surface area contributed by atoms with E-state index in [4.69, 9.17) is 29.9 Å². The Kier molecular flexibility index (Phi) is 8.15. The van der Waals surface area contributed by atoms with Gasteiger partial charge in [0.05, 0.1) is 50.5 Å². The van der Waals surface area contributed by atoms with Crippen molar-refractivity contribution in [1.29, 1.82) is 0 Å². The SMILES string of the molecule is COC(=O)Nc1cccc(-c2ccc3cc(-c4nc5cc(C(=O)N6C[C@H](N)C[C@@H](F)C6)cc(OC)c5n4C)n(CC4CC4)c3n2)c1OC. The van der Waals surface area contributed by atoms with Gasteiger partial charge < -0.3 is 34.0 Å². The third-order valence-electron chi connectivity index (χ3n) is 9.15. The van der Waals surface area contributed by atoms with E-state index in [0.29, 0.717) is 57.8 Å². The van der Waals surface area contributed by atoms with Crippen LogP contribution in [0.15, 0.2) is 48.5 Å². The summed E-state index contributed by atoms with van der Waals surface area (Å²) in [6.07, 6.45) is 0.754. The standard InChI is InChI=1S/C35H38FN7O5/c1-41-30-27(12-21(14-29(30)46-2)34(44)42-17-22(36)15-23(37)18-42)39-33(41)28-13-20-10-11-25(38-32(20)43(28)16-19-8-9-19)24-6-5-7-26(31(24)47-3)40-35(45)48-4/h5-7,10-14,19,22-23H,8-9,15-18,37H2,1-4H3,(H,40,45)/t22-,23-/m1/s1. The van der Waals surface area contributed by atoms with Crippen molar-refractivity contribution in [2.24, 2.45) is 18.7 Å². The monoisotopic (exact) mass is 655 g/mol. The van der Waals surface area contributed by atoms with Gasteiger partial charge in [-0.2, -0.15) is 0 Å². The molecular formula is C35H38FN7O5. The summed E-state index contributed by atoms with van der Waals surface area (Å²) in [5.74, 6) is 1.88. The Morgan fingerprint density at radius 2 is 1.85 bits per heavy atom. The van der Waals surface area contributed by atoms with E-state index in [1.165, 1.54) is 12.0 Å². The highest BCUT2D eigenvalue weighted by atomic mass is 19.1. The van der Waals surface area contributed by atoms with Crippen LogP contribution in [0.3, 0.4) is 0 Å². The molecule has 0 unspecified atom stereocenters. The van der Waals surface area contributed by atoms with Crippen molar-refractivity contribution in [3.8, 4) is 34.3 Å². The molecule has 48 heavy (non-hydrogen) atoms. The van der Waals surface area contributed by atoms with Gasteiger partial charge in [0.1, 0.15) is 23.1 Å². The number of imidazole rings is 1. The number of halogens is 1. The Morgan fingerprint density at radius 1 is 1.04 bits per heavy atom. The minimum Gasteiger partial charge on any atom is -0.494 e. The second-order valence-corrected chi connectivity index (χ2v) is 12.5. The predicted octanol–water partition coefficient (Wildman–Crippen LogP) is 5.37. The van der Waals surface area contributed by atoms with Gasteiger partial charge in [-0.25, -0.2) is 19.2 Å². The molecule has 0 radical (unpaired) electrons. The van der Waals surface area contributed by atoms with Gasteiger partial charge in [0.25, 0.3) is 5.91 Å². The van der Waals surface area contributed by atoms with Crippen LogP contribution >= 0.6 is 0 Å². The van der Waals surface area contributed by atoms with E-state index in [9.17, 15) is 14.0 Å². The van der Waals surface area contributed by atoms with Gasteiger partial charge in [0.2, 0.25) is 0 Å². The molecule has 2 amide bonds. The first-order valence-electron chi connectivity index (χ1n) is 15.9. The molecule has 1 aliphatic carbocycles. The summed E-state index contributed by atoms with van der Waals surface area (Å²) in [5, 5.41) is 3.64. The van der Waals surface area contributed by atoms with Crippen LogP contribution in [0.5, 0.6) is 11.5 Å². The highest BCUT2D eigenvalue weighted by molar-refractivity contribution is 6.00. The summed E-state index contributed by atoms with van der Waals surface area (Å²) < 4.78 is 34.8. The van der Waals surface area contributed by atoms with Gasteiger partial charge in [-0.05, 0) is 67.6 Å². The van der Waals surface area contributed by atoms with Crippen LogP contribution in [0, 0.1) is 5.92 Å². The Bertz CT molecular complexity index is 2040. The van der Waals surface area contributed by atoms with Gasteiger partial charge in [-0.15, -0.1) is 0 Å². The minimum atomic E-state index is -1.16. The third kappa shape index (κ3) is 5.68. The van der Waals surface area contributed by atoms with Crippen molar-refractivity contribution < 1.29 is 28.2 Å². The lowest BCUT2D eigenvalue weighted by Crippen LogP contribution is -2.50. The number of methoxy groups -OCH3 is 3. The van der Waals surface area contributed by atoms with Crippen molar-refractivity contribution in [3.05, 3.63) is 54.1 Å². The van der Waals surface area contributed by atoms with Gasteiger partial charge >= 0.3 is 6.09 Å². The Hall–Kier alpha value is -5.17. The van der Waals surface area contributed by atoms with Crippen LogP contribution < -0.4 is 20.5 Å². The fraction of sp³-hybridized carbons (Fsp3) is 0.371. The molecule has 1 aliphatic heterocycles. The first kappa shape index (κ1) is 31.4. The Balaban J connectivity index is 1.33. The molecule has 2 aliphatic rings. The van der Waals surface area contributed by atoms with Gasteiger partial charge in [-0.1, -0.05) is 6.07 Å². The summed E-state index contributed by atoms with van der Waals surface area (Å²) >= 11 is 0. The van der Waals surface area contributed by atoms with E-state index < -0.39 is 18.3 Å². The third-order valence-corrected chi connectivity index (χ3v) is 9.15. The summed E-state index contributed by atoms with van der Waals surface area (Å²) in [5.41, 5.74) is 11.3. The number of anilines is 1. The zero-order valence-corrected chi connectivity index (χ0v) is 27.3. The van der Waals surface area contributed by atoms with Crippen LogP contribution in [0.1, 0.15) is 29.6 Å². The molecule has 1 saturated carbocycles. The zero-order valence-electron chi connectivity index (χ0n) is 27.3. The number of nitrogens with two attached hydrogens (primary N) is 1. The number of hydrogen-bond acceptors (Lipinski definition) is 8. The first-order chi connectivity index (χ1) is 23.2. The number of alkyl halides is 1. The zero-order chi connectivity index (χ0) is 33.7. The molecule has 12 nitrogen and oxygen atoms in total. The number of amides is 2. The predicted molar refractivity (Wildman–Crippen MR) is 180 cm³/mol. The number of likely N-dealkylation sites (tertiary alicyclic amines) is 1. The Labute approximate surface area is 276 Å². The molecule has 4 heterocycles. The Morgan fingerprint density at radius 3 is 2.56 bits per heavy atom. The summed E-state index contributed by atoms with van der Waals surface area (Å²) in [6.45, 7) is 1.07. The molecule has 7 rings (SSSR count). The van der Waals surface area contributed by atoms with Crippen LogP contribution in [0.25, 0.3) is 44.8 Å². The maximum Gasteiger partial charge on any atom is 0.411 e. The molecular weight excluding hydrogens is 617 g/mol. The number of benzene rings is 2. The second kappa shape index (κ2) is 12.5. The average Bonchev–Trinajstić information content (AvgIpc) is 3.75. The van der Waals surface area contributed by atoms with E-state index in [2.05, 4.69) is 16.0 Å². The number of para-hydroxylation sites is 1. The first-order valence-corrected chi connectivity index (χ1v) is 15.9. The number of fused-ring (bicyclic) bond motifs is 2. The molecule has 3 N–H and O–H groups in total. The molecule has 5 aromatic rings. The van der Waals surface area contributed by atoms with E-state index in [0.717, 1.165) is 41.6 Å². The average molecular weight is 656 g/mol. The highest BCUT2D eigenvalue weighted by Crippen LogP contribution is 2.40. The van der Waals surface area contributed by atoms with Gasteiger partial charge in [-0.3, -0.25) is 10.1 Å². The topological polar surface area (TPSA) is 139 Å². The smallest absolute Gasteiger partial charge is 0.411 e. The number of nitrogens with one attached hydrogen (secondary N) is 1. The molecule has 250 valence electrons. The second-order valence-electron chi connectivity index (χ2n) is 12.5. The highest BCUT2D eigenvalue weighted by Gasteiger charge is 2.31. The fourth-order valence-electron chi connectivity index (χ4n) is 6.67. The maximum absolute atomic E-state index is 14.3. The lowest BCUT2D eigenvalue weighted by atomic mass is 10.0. The number of hydrogen-bond donors (Lipinski definition) is 2. The van der Waals surface area contributed by atoms with Crippen LogP contribution in [0.4, 0.5) is 14.9 Å². The fourth-order valence-corrected chi connectivity index (χ4v) is 6.67. The quantitative estimate of drug-likeness (QED) is 0.228. The lowest BCUT2D eigenvalue weighted by Gasteiger charge is -2.33. The largest absolute Gasteiger partial charge is 0.494 e. The van der Waals surface area contributed by atoms with Crippen molar-refractivity contribution in [1.82, 2.24) is 24.0 Å². The van der Waals surface area contributed by atoms with Crippen molar-refractivity contribution in [3.63, 3.8) is 0 Å². The maximum atomic E-state index is 14.3. The van der Waals surface area contributed by atoms with E-state index >= 15 is 0 Å².